The third-order valence-corrected chi connectivity index (χ3v) is 3.77. The van der Waals surface area contributed by atoms with Crippen LogP contribution in [0.15, 0.2) is 42.5 Å². The van der Waals surface area contributed by atoms with Crippen molar-refractivity contribution in [2.45, 2.75) is 13.8 Å². The number of carbonyl (C=O) groups is 2. The molecule has 26 heavy (non-hydrogen) atoms. The minimum Gasteiger partial charge on any atom is -0.483 e. The molecule has 0 atom stereocenters. The summed E-state index contributed by atoms with van der Waals surface area (Å²) in [5.74, 6) is -0.821. The molecule has 0 aromatic heterocycles. The molecule has 0 fully saturated rings. The van der Waals surface area contributed by atoms with Gasteiger partial charge >= 0.3 is 0 Å². The second-order valence-corrected chi connectivity index (χ2v) is 5.86. The van der Waals surface area contributed by atoms with Crippen molar-refractivity contribution >= 4 is 29.1 Å². The number of ether oxygens (including phenoxy) is 1. The quantitative estimate of drug-likeness (QED) is 0.564. The lowest BCUT2D eigenvalue weighted by molar-refractivity contribution is -0.123. The van der Waals surface area contributed by atoms with E-state index in [1.165, 1.54) is 12.1 Å². The van der Waals surface area contributed by atoms with Gasteiger partial charge in [-0.25, -0.2) is 4.39 Å². The lowest BCUT2D eigenvalue weighted by Gasteiger charge is -2.13. The summed E-state index contributed by atoms with van der Waals surface area (Å²) < 4.78 is 18.3. The van der Waals surface area contributed by atoms with Crippen LogP contribution in [-0.4, -0.2) is 23.5 Å². The van der Waals surface area contributed by atoms with Gasteiger partial charge in [-0.1, -0.05) is 12.1 Å². The molecule has 0 heterocycles. The Balaban J connectivity index is 1.76. The maximum atomic E-state index is 12.8. The highest BCUT2D eigenvalue weighted by Crippen LogP contribution is 2.20. The summed E-state index contributed by atoms with van der Waals surface area (Å²) in [6.07, 6.45) is 0. The monoisotopic (exact) mass is 375 g/mol. The van der Waals surface area contributed by atoms with Gasteiger partial charge < -0.3 is 4.74 Å². The lowest BCUT2D eigenvalue weighted by Crippen LogP contribution is -2.49. The minimum absolute atomic E-state index is 0.0978. The maximum absolute atomic E-state index is 12.8. The SMILES string of the molecule is Cc1cccc(OCC(=O)NNC(=S)NC(=O)c2ccc(F)cc2)c1C. The molecule has 8 heteroatoms. The molecule has 0 saturated heterocycles. The molecule has 0 radical (unpaired) electrons. The predicted octanol–water partition coefficient (Wildman–Crippen LogP) is 2.16. The highest BCUT2D eigenvalue weighted by molar-refractivity contribution is 7.80. The van der Waals surface area contributed by atoms with Crippen LogP contribution in [0.2, 0.25) is 0 Å². The fraction of sp³-hybridized carbons (Fsp3) is 0.167. The van der Waals surface area contributed by atoms with Crippen molar-refractivity contribution in [3.63, 3.8) is 0 Å². The molecule has 2 aromatic carbocycles. The standard InChI is InChI=1S/C18H18FN3O3S/c1-11-4-3-5-15(12(11)2)25-10-16(23)21-22-18(26)20-17(24)13-6-8-14(19)9-7-13/h3-9H,10H2,1-2H3,(H,21,23)(H2,20,22,24,26). The molecular weight excluding hydrogens is 357 g/mol. The Labute approximate surface area is 155 Å². The van der Waals surface area contributed by atoms with E-state index in [0.717, 1.165) is 23.3 Å². The minimum atomic E-state index is -0.525. The molecule has 2 amide bonds. The zero-order valence-electron chi connectivity index (χ0n) is 14.3. The molecule has 6 nitrogen and oxygen atoms in total. The Kier molecular flexibility index (Phi) is 6.62. The Morgan fingerprint density at radius 3 is 2.46 bits per heavy atom. The summed E-state index contributed by atoms with van der Waals surface area (Å²) in [5.41, 5.74) is 6.98. The highest BCUT2D eigenvalue weighted by atomic mass is 32.1. The van der Waals surface area contributed by atoms with Crippen LogP contribution in [-0.2, 0) is 4.79 Å². The van der Waals surface area contributed by atoms with Crippen LogP contribution in [0.1, 0.15) is 21.5 Å². The van der Waals surface area contributed by atoms with E-state index >= 15 is 0 Å². The Hall–Kier alpha value is -3.00. The van der Waals surface area contributed by atoms with Crippen molar-refractivity contribution in [1.82, 2.24) is 16.2 Å². The van der Waals surface area contributed by atoms with Gasteiger partial charge in [0.05, 0.1) is 0 Å². The number of thiocarbonyl (C=S) groups is 1. The normalized spacial score (nSPS) is 9.96. The third kappa shape index (κ3) is 5.52. The molecule has 3 N–H and O–H groups in total. The van der Waals surface area contributed by atoms with E-state index in [-0.39, 0.29) is 17.3 Å². The van der Waals surface area contributed by atoms with Gasteiger partial charge in [0.1, 0.15) is 11.6 Å². The molecule has 136 valence electrons. The molecule has 0 bridgehead atoms. The molecule has 0 saturated carbocycles. The number of aryl methyl sites for hydroxylation is 1. The third-order valence-electron chi connectivity index (χ3n) is 3.56. The molecule has 0 spiro atoms. The fourth-order valence-corrected chi connectivity index (χ4v) is 2.14. The topological polar surface area (TPSA) is 79.5 Å². The van der Waals surface area contributed by atoms with E-state index in [1.807, 2.05) is 26.0 Å². The van der Waals surface area contributed by atoms with Crippen LogP contribution in [0.3, 0.4) is 0 Å². The van der Waals surface area contributed by atoms with Crippen LogP contribution in [0, 0.1) is 19.7 Å². The lowest BCUT2D eigenvalue weighted by atomic mass is 10.1. The van der Waals surface area contributed by atoms with E-state index in [4.69, 9.17) is 17.0 Å². The second-order valence-electron chi connectivity index (χ2n) is 5.45. The van der Waals surface area contributed by atoms with Gasteiger partial charge in [0.25, 0.3) is 11.8 Å². The molecule has 0 aliphatic carbocycles. The van der Waals surface area contributed by atoms with Crippen molar-refractivity contribution in [3.8, 4) is 5.75 Å². The van der Waals surface area contributed by atoms with Crippen LogP contribution in [0.25, 0.3) is 0 Å². The summed E-state index contributed by atoms with van der Waals surface area (Å²) in [7, 11) is 0. The first-order chi connectivity index (χ1) is 12.4. The predicted molar refractivity (Wildman–Crippen MR) is 99.2 cm³/mol. The molecule has 2 rings (SSSR count). The van der Waals surface area contributed by atoms with Crippen molar-refractivity contribution in [3.05, 3.63) is 65.0 Å². The Bertz CT molecular complexity index is 825. The maximum Gasteiger partial charge on any atom is 0.276 e. The molecule has 0 aliphatic rings. The first-order valence-electron chi connectivity index (χ1n) is 7.71. The Morgan fingerprint density at radius 1 is 1.08 bits per heavy atom. The first kappa shape index (κ1) is 19.3. The number of hydrogen-bond acceptors (Lipinski definition) is 4. The van der Waals surface area contributed by atoms with Gasteiger partial charge in [-0.3, -0.25) is 25.8 Å². The molecule has 0 aliphatic heterocycles. The molecule has 2 aromatic rings. The van der Waals surface area contributed by atoms with E-state index in [2.05, 4.69) is 16.2 Å². The average molecular weight is 375 g/mol. The number of amides is 2. The number of nitrogens with one attached hydrogen (secondary N) is 3. The molecule has 0 unspecified atom stereocenters. The summed E-state index contributed by atoms with van der Waals surface area (Å²) in [5, 5.41) is 2.27. The smallest absolute Gasteiger partial charge is 0.276 e. The molecular formula is C18H18FN3O3S. The number of rotatable bonds is 4. The van der Waals surface area contributed by atoms with E-state index in [1.54, 1.807) is 6.07 Å². The number of hydrogen-bond donors (Lipinski definition) is 3. The van der Waals surface area contributed by atoms with Crippen molar-refractivity contribution in [2.24, 2.45) is 0 Å². The van der Waals surface area contributed by atoms with Crippen molar-refractivity contribution in [1.29, 1.82) is 0 Å². The highest BCUT2D eigenvalue weighted by Gasteiger charge is 2.09. The van der Waals surface area contributed by atoms with E-state index in [9.17, 15) is 14.0 Å². The number of halogens is 1. The van der Waals surface area contributed by atoms with Crippen molar-refractivity contribution in [2.75, 3.05) is 6.61 Å². The summed E-state index contributed by atoms with van der Waals surface area (Å²) >= 11 is 4.92. The number of benzene rings is 2. The average Bonchev–Trinajstić information content (AvgIpc) is 2.61. The zero-order valence-corrected chi connectivity index (χ0v) is 15.1. The van der Waals surface area contributed by atoms with E-state index in [0.29, 0.717) is 5.75 Å². The van der Waals surface area contributed by atoms with Crippen LogP contribution in [0.5, 0.6) is 5.75 Å². The van der Waals surface area contributed by atoms with Gasteiger partial charge in [0.2, 0.25) is 0 Å². The fourth-order valence-electron chi connectivity index (χ4n) is 1.99. The van der Waals surface area contributed by atoms with Crippen molar-refractivity contribution < 1.29 is 18.7 Å². The van der Waals surface area contributed by atoms with E-state index < -0.39 is 17.6 Å². The van der Waals surface area contributed by atoms with Gasteiger partial charge in [0.15, 0.2) is 11.7 Å². The Morgan fingerprint density at radius 2 is 1.77 bits per heavy atom. The number of carbonyl (C=O) groups excluding carboxylic acids is 2. The van der Waals surface area contributed by atoms with Gasteiger partial charge in [-0.15, -0.1) is 0 Å². The van der Waals surface area contributed by atoms with Crippen LogP contribution >= 0.6 is 12.2 Å². The van der Waals surface area contributed by atoms with Crippen LogP contribution in [0.4, 0.5) is 4.39 Å². The van der Waals surface area contributed by atoms with Gasteiger partial charge in [-0.05, 0) is 67.5 Å². The largest absolute Gasteiger partial charge is 0.483 e. The summed E-state index contributed by atoms with van der Waals surface area (Å²) in [6, 6.07) is 10.5. The summed E-state index contributed by atoms with van der Waals surface area (Å²) in [6.45, 7) is 3.64. The van der Waals surface area contributed by atoms with Gasteiger partial charge in [0, 0.05) is 5.56 Å². The summed E-state index contributed by atoms with van der Waals surface area (Å²) in [4.78, 5) is 23.7. The number of hydrazine groups is 1. The first-order valence-corrected chi connectivity index (χ1v) is 8.12. The van der Waals surface area contributed by atoms with Gasteiger partial charge in [-0.2, -0.15) is 0 Å². The second kappa shape index (κ2) is 8.91. The van der Waals surface area contributed by atoms with Crippen LogP contribution < -0.4 is 20.9 Å². The zero-order chi connectivity index (χ0) is 19.1.